The molecule has 1 amide bonds. The number of aromatic nitrogens is 3. The monoisotopic (exact) mass is 352 g/mol. The van der Waals surface area contributed by atoms with Gasteiger partial charge in [-0.2, -0.15) is 0 Å². The van der Waals surface area contributed by atoms with Gasteiger partial charge in [0.2, 0.25) is 11.1 Å². The fourth-order valence-corrected chi connectivity index (χ4v) is 2.95. The summed E-state index contributed by atoms with van der Waals surface area (Å²) in [6.07, 6.45) is 2.14. The van der Waals surface area contributed by atoms with E-state index in [9.17, 15) is 4.79 Å². The normalized spacial score (nSPS) is 15.3. The van der Waals surface area contributed by atoms with Crippen LogP contribution in [0.25, 0.3) is 11.4 Å². The van der Waals surface area contributed by atoms with Crippen LogP contribution in [-0.2, 0) is 4.79 Å². The third-order valence-electron chi connectivity index (χ3n) is 3.46. The second kappa shape index (κ2) is 6.80. The SMILES string of the molecule is COc1ccc(Cl)cc1-c1nc(SC(C)C(=O)NC2CC2)n[nH]1. The number of nitrogens with one attached hydrogen (secondary N) is 2. The Morgan fingerprint density at radius 1 is 1.52 bits per heavy atom. The van der Waals surface area contributed by atoms with Crippen molar-refractivity contribution in [3.05, 3.63) is 23.2 Å². The number of rotatable bonds is 6. The van der Waals surface area contributed by atoms with Crippen molar-refractivity contribution in [1.29, 1.82) is 0 Å². The van der Waals surface area contributed by atoms with Gasteiger partial charge in [-0.25, -0.2) is 4.98 Å². The van der Waals surface area contributed by atoms with Crippen LogP contribution in [0.4, 0.5) is 0 Å². The van der Waals surface area contributed by atoms with E-state index in [2.05, 4.69) is 20.5 Å². The van der Waals surface area contributed by atoms with Gasteiger partial charge in [-0.15, -0.1) is 5.10 Å². The lowest BCUT2D eigenvalue weighted by Gasteiger charge is -2.08. The number of hydrogen-bond acceptors (Lipinski definition) is 5. The average Bonchev–Trinajstić information content (AvgIpc) is 3.23. The van der Waals surface area contributed by atoms with E-state index in [4.69, 9.17) is 16.3 Å². The Balaban J connectivity index is 1.72. The van der Waals surface area contributed by atoms with Crippen molar-refractivity contribution in [2.45, 2.75) is 36.2 Å². The number of methoxy groups -OCH3 is 1. The zero-order chi connectivity index (χ0) is 16.4. The van der Waals surface area contributed by atoms with E-state index in [1.165, 1.54) is 11.8 Å². The second-order valence-electron chi connectivity index (χ2n) is 5.35. The van der Waals surface area contributed by atoms with Crippen molar-refractivity contribution < 1.29 is 9.53 Å². The molecule has 0 saturated heterocycles. The molecule has 2 N–H and O–H groups in total. The molecule has 1 aromatic heterocycles. The third-order valence-corrected chi connectivity index (χ3v) is 4.65. The first-order valence-electron chi connectivity index (χ1n) is 7.30. The summed E-state index contributed by atoms with van der Waals surface area (Å²) < 4.78 is 5.32. The fraction of sp³-hybridized carbons (Fsp3) is 0.400. The molecule has 8 heteroatoms. The Kier molecular flexibility index (Phi) is 4.77. The number of ether oxygens (including phenoxy) is 1. The molecule has 0 radical (unpaired) electrons. The molecular formula is C15H17ClN4O2S. The first-order chi connectivity index (χ1) is 11.1. The molecule has 2 aromatic rings. The summed E-state index contributed by atoms with van der Waals surface area (Å²) in [5.41, 5.74) is 0.731. The standard InChI is InChI=1S/C15H17ClN4O2S/c1-8(14(21)17-10-4-5-10)23-15-18-13(19-20-15)11-7-9(16)3-6-12(11)22-2/h3,6-8,10H,4-5H2,1-2H3,(H,17,21)(H,18,19,20). The number of carbonyl (C=O) groups is 1. The molecule has 1 atom stereocenters. The van der Waals surface area contributed by atoms with E-state index in [-0.39, 0.29) is 11.2 Å². The third kappa shape index (κ3) is 3.97. The number of nitrogens with zero attached hydrogens (tertiary/aromatic N) is 2. The average molecular weight is 353 g/mol. The zero-order valence-corrected chi connectivity index (χ0v) is 14.4. The summed E-state index contributed by atoms with van der Waals surface area (Å²) in [4.78, 5) is 16.4. The molecule has 23 heavy (non-hydrogen) atoms. The van der Waals surface area contributed by atoms with Crippen LogP contribution in [0.1, 0.15) is 19.8 Å². The summed E-state index contributed by atoms with van der Waals surface area (Å²) >= 11 is 7.35. The van der Waals surface area contributed by atoms with Crippen LogP contribution in [0.3, 0.4) is 0 Å². The number of halogens is 1. The summed E-state index contributed by atoms with van der Waals surface area (Å²) in [6.45, 7) is 1.85. The van der Waals surface area contributed by atoms with Crippen molar-refractivity contribution >= 4 is 29.3 Å². The van der Waals surface area contributed by atoms with Gasteiger partial charge in [0.15, 0.2) is 5.82 Å². The predicted octanol–water partition coefficient (Wildman–Crippen LogP) is 2.89. The zero-order valence-electron chi connectivity index (χ0n) is 12.8. The molecule has 1 heterocycles. The minimum absolute atomic E-state index is 0.0178. The molecule has 1 saturated carbocycles. The maximum atomic E-state index is 12.0. The minimum atomic E-state index is -0.250. The summed E-state index contributed by atoms with van der Waals surface area (Å²) in [6, 6.07) is 5.64. The van der Waals surface area contributed by atoms with E-state index in [0.717, 1.165) is 18.4 Å². The van der Waals surface area contributed by atoms with Gasteiger partial charge in [-0.05, 0) is 38.0 Å². The maximum Gasteiger partial charge on any atom is 0.233 e. The molecule has 1 fully saturated rings. The van der Waals surface area contributed by atoms with Crippen molar-refractivity contribution in [2.24, 2.45) is 0 Å². The van der Waals surface area contributed by atoms with E-state index in [1.807, 2.05) is 6.92 Å². The Morgan fingerprint density at radius 2 is 2.30 bits per heavy atom. The van der Waals surface area contributed by atoms with Gasteiger partial charge in [-0.1, -0.05) is 23.4 Å². The topological polar surface area (TPSA) is 79.9 Å². The molecule has 1 aliphatic carbocycles. The predicted molar refractivity (Wildman–Crippen MR) is 89.9 cm³/mol. The molecule has 0 bridgehead atoms. The number of carbonyl (C=O) groups excluding carboxylic acids is 1. The van der Waals surface area contributed by atoms with Crippen LogP contribution >= 0.6 is 23.4 Å². The Morgan fingerprint density at radius 3 is 3.00 bits per heavy atom. The molecule has 0 spiro atoms. The highest BCUT2D eigenvalue weighted by molar-refractivity contribution is 8.00. The molecule has 0 aliphatic heterocycles. The molecule has 6 nitrogen and oxygen atoms in total. The van der Waals surface area contributed by atoms with Gasteiger partial charge in [-0.3, -0.25) is 9.89 Å². The lowest BCUT2D eigenvalue weighted by Crippen LogP contribution is -2.32. The fourth-order valence-electron chi connectivity index (χ4n) is 2.04. The summed E-state index contributed by atoms with van der Waals surface area (Å²) in [5.74, 6) is 1.23. The molecule has 1 unspecified atom stereocenters. The molecule has 1 aliphatic rings. The van der Waals surface area contributed by atoms with Crippen LogP contribution < -0.4 is 10.1 Å². The number of hydrogen-bond donors (Lipinski definition) is 2. The van der Waals surface area contributed by atoms with E-state index < -0.39 is 0 Å². The maximum absolute atomic E-state index is 12.0. The lowest BCUT2D eigenvalue weighted by atomic mass is 10.2. The largest absolute Gasteiger partial charge is 0.496 e. The highest BCUT2D eigenvalue weighted by atomic mass is 35.5. The van der Waals surface area contributed by atoms with Gasteiger partial charge in [0.05, 0.1) is 17.9 Å². The number of aromatic amines is 1. The molecular weight excluding hydrogens is 336 g/mol. The Hall–Kier alpha value is -1.73. The Bertz CT molecular complexity index is 717. The summed E-state index contributed by atoms with van der Waals surface area (Å²) in [7, 11) is 1.59. The number of amides is 1. The first kappa shape index (κ1) is 16.1. The number of benzene rings is 1. The summed E-state index contributed by atoms with van der Waals surface area (Å²) in [5, 5.41) is 10.9. The van der Waals surface area contributed by atoms with Crippen molar-refractivity contribution in [3.63, 3.8) is 0 Å². The van der Waals surface area contributed by atoms with Crippen molar-refractivity contribution in [2.75, 3.05) is 7.11 Å². The van der Waals surface area contributed by atoms with E-state index >= 15 is 0 Å². The van der Waals surface area contributed by atoms with Crippen molar-refractivity contribution in [1.82, 2.24) is 20.5 Å². The van der Waals surface area contributed by atoms with Crippen LogP contribution in [-0.4, -0.2) is 39.5 Å². The quantitative estimate of drug-likeness (QED) is 0.781. The molecule has 1 aromatic carbocycles. The second-order valence-corrected chi connectivity index (χ2v) is 7.10. The molecule has 122 valence electrons. The van der Waals surface area contributed by atoms with Gasteiger partial charge in [0.25, 0.3) is 0 Å². The highest BCUT2D eigenvalue weighted by Gasteiger charge is 2.26. The van der Waals surface area contributed by atoms with Crippen LogP contribution in [0.5, 0.6) is 5.75 Å². The van der Waals surface area contributed by atoms with Gasteiger partial charge in [0, 0.05) is 11.1 Å². The smallest absolute Gasteiger partial charge is 0.233 e. The highest BCUT2D eigenvalue weighted by Crippen LogP contribution is 2.31. The van der Waals surface area contributed by atoms with Crippen LogP contribution in [0, 0.1) is 0 Å². The van der Waals surface area contributed by atoms with E-state index in [1.54, 1.807) is 25.3 Å². The number of H-pyrrole nitrogens is 1. The first-order valence-corrected chi connectivity index (χ1v) is 8.56. The van der Waals surface area contributed by atoms with E-state index in [0.29, 0.717) is 27.8 Å². The molecule has 3 rings (SSSR count). The van der Waals surface area contributed by atoms with Crippen LogP contribution in [0.15, 0.2) is 23.4 Å². The van der Waals surface area contributed by atoms with Crippen LogP contribution in [0.2, 0.25) is 5.02 Å². The minimum Gasteiger partial charge on any atom is -0.496 e. The van der Waals surface area contributed by atoms with Gasteiger partial charge >= 0.3 is 0 Å². The Labute approximate surface area is 143 Å². The lowest BCUT2D eigenvalue weighted by molar-refractivity contribution is -0.120. The van der Waals surface area contributed by atoms with Crippen molar-refractivity contribution in [3.8, 4) is 17.1 Å². The van der Waals surface area contributed by atoms with Gasteiger partial charge < -0.3 is 10.1 Å². The number of thioether (sulfide) groups is 1. The van der Waals surface area contributed by atoms with Gasteiger partial charge in [0.1, 0.15) is 5.75 Å².